The Morgan fingerprint density at radius 1 is 1.14 bits per heavy atom. The maximum atomic E-state index is 14.4. The Bertz CT molecular complexity index is 693. The molecule has 0 heterocycles. The lowest BCUT2D eigenvalue weighted by molar-refractivity contribution is -0.137. The quantitative estimate of drug-likeness (QED) is 0.607. The first-order valence-electron chi connectivity index (χ1n) is 6.48. The molecule has 0 amide bonds. The van der Waals surface area contributed by atoms with Gasteiger partial charge in [-0.15, -0.1) is 0 Å². The first kappa shape index (κ1) is 16.0. The molecule has 2 nitrogen and oxygen atoms in total. The highest BCUT2D eigenvalue weighted by Crippen LogP contribution is 2.33. The molecule has 0 radical (unpaired) electrons. The summed E-state index contributed by atoms with van der Waals surface area (Å²) in [5, 5.41) is 0. The van der Waals surface area contributed by atoms with Crippen LogP contribution in [0.1, 0.15) is 22.8 Å². The minimum absolute atomic E-state index is 0.0403. The zero-order chi connectivity index (χ0) is 16.3. The lowest BCUT2D eigenvalue weighted by atomic mass is 10.00. The van der Waals surface area contributed by atoms with Crippen molar-refractivity contribution in [2.45, 2.75) is 13.1 Å². The molecular formula is C16H12F4O2. The van der Waals surface area contributed by atoms with E-state index in [0.29, 0.717) is 0 Å². The third-order valence-electron chi connectivity index (χ3n) is 2.99. The molecule has 0 N–H and O–H groups in total. The van der Waals surface area contributed by atoms with Crippen molar-refractivity contribution in [3.05, 3.63) is 59.4 Å². The molecular weight excluding hydrogens is 300 g/mol. The van der Waals surface area contributed by atoms with Gasteiger partial charge in [0, 0.05) is 5.56 Å². The number of esters is 1. The second kappa shape index (κ2) is 6.17. The summed E-state index contributed by atoms with van der Waals surface area (Å²) in [6.07, 6.45) is -4.52. The van der Waals surface area contributed by atoms with Gasteiger partial charge in [-0.25, -0.2) is 9.18 Å². The van der Waals surface area contributed by atoms with Gasteiger partial charge < -0.3 is 4.74 Å². The number of benzene rings is 2. The number of ether oxygens (including phenoxy) is 1. The second-order valence-corrected chi connectivity index (χ2v) is 4.47. The van der Waals surface area contributed by atoms with Crippen LogP contribution in [0.25, 0.3) is 11.1 Å². The molecule has 0 fully saturated rings. The largest absolute Gasteiger partial charge is 0.462 e. The predicted molar refractivity (Wildman–Crippen MR) is 72.8 cm³/mol. The van der Waals surface area contributed by atoms with Gasteiger partial charge in [-0.05, 0) is 30.7 Å². The molecule has 0 bridgehead atoms. The summed E-state index contributed by atoms with van der Waals surface area (Å²) in [5.74, 6) is -1.76. The number of rotatable bonds is 3. The molecule has 2 rings (SSSR count). The molecule has 2 aromatic carbocycles. The monoisotopic (exact) mass is 312 g/mol. The molecule has 22 heavy (non-hydrogen) atoms. The first-order valence-corrected chi connectivity index (χ1v) is 6.48. The molecule has 0 aliphatic carbocycles. The van der Waals surface area contributed by atoms with Crippen LogP contribution in [0, 0.1) is 5.82 Å². The highest BCUT2D eigenvalue weighted by Gasteiger charge is 2.30. The second-order valence-electron chi connectivity index (χ2n) is 4.47. The number of halogens is 4. The van der Waals surface area contributed by atoms with Crippen LogP contribution in [0.3, 0.4) is 0 Å². The molecule has 0 saturated carbocycles. The van der Waals surface area contributed by atoms with Gasteiger partial charge in [-0.2, -0.15) is 13.2 Å². The first-order chi connectivity index (χ1) is 10.3. The van der Waals surface area contributed by atoms with Crippen LogP contribution in [-0.2, 0) is 10.9 Å². The van der Waals surface area contributed by atoms with Gasteiger partial charge in [0.15, 0.2) is 0 Å². The number of hydrogen-bond acceptors (Lipinski definition) is 2. The third-order valence-corrected chi connectivity index (χ3v) is 2.99. The van der Waals surface area contributed by atoms with Crippen LogP contribution in [0.4, 0.5) is 17.6 Å². The summed E-state index contributed by atoms with van der Waals surface area (Å²) in [6.45, 7) is 1.65. The Morgan fingerprint density at radius 2 is 1.82 bits per heavy atom. The lowest BCUT2D eigenvalue weighted by Gasteiger charge is -2.11. The van der Waals surface area contributed by atoms with E-state index >= 15 is 0 Å². The topological polar surface area (TPSA) is 26.3 Å². The molecule has 0 spiro atoms. The molecule has 0 saturated heterocycles. The van der Waals surface area contributed by atoms with Crippen molar-refractivity contribution in [2.24, 2.45) is 0 Å². The standard InChI is InChI=1S/C16H12F4O2/c1-2-22-15(21)13-8-4-7-12(14(13)17)10-5-3-6-11(9-10)16(18,19)20/h3-9H,2H2,1H3. The number of carbonyl (C=O) groups is 1. The molecule has 0 atom stereocenters. The SMILES string of the molecule is CCOC(=O)c1cccc(-c2cccc(C(F)(F)F)c2)c1F. The maximum absolute atomic E-state index is 14.4. The summed E-state index contributed by atoms with van der Waals surface area (Å²) in [6, 6.07) is 8.21. The van der Waals surface area contributed by atoms with Gasteiger partial charge in [0.1, 0.15) is 5.82 Å². The van der Waals surface area contributed by atoms with Crippen LogP contribution in [0.15, 0.2) is 42.5 Å². The summed E-state index contributed by atoms with van der Waals surface area (Å²) < 4.78 is 57.3. The highest BCUT2D eigenvalue weighted by molar-refractivity contribution is 5.91. The Hall–Kier alpha value is -2.37. The predicted octanol–water partition coefficient (Wildman–Crippen LogP) is 4.69. The van der Waals surface area contributed by atoms with Gasteiger partial charge in [-0.1, -0.05) is 24.3 Å². The van der Waals surface area contributed by atoms with E-state index in [2.05, 4.69) is 0 Å². The van der Waals surface area contributed by atoms with E-state index in [-0.39, 0.29) is 23.3 Å². The van der Waals surface area contributed by atoms with Gasteiger partial charge in [0.2, 0.25) is 0 Å². The molecule has 0 aliphatic heterocycles. The average molecular weight is 312 g/mol. The Kier molecular flexibility index (Phi) is 4.49. The van der Waals surface area contributed by atoms with Gasteiger partial charge >= 0.3 is 12.1 Å². The van der Waals surface area contributed by atoms with E-state index in [0.717, 1.165) is 12.1 Å². The molecule has 6 heteroatoms. The molecule has 116 valence electrons. The van der Waals surface area contributed by atoms with Crippen molar-refractivity contribution in [2.75, 3.05) is 6.61 Å². The van der Waals surface area contributed by atoms with Crippen molar-refractivity contribution in [3.8, 4) is 11.1 Å². The Balaban J connectivity index is 2.50. The van der Waals surface area contributed by atoms with Crippen LogP contribution >= 0.6 is 0 Å². The lowest BCUT2D eigenvalue weighted by Crippen LogP contribution is -2.08. The zero-order valence-electron chi connectivity index (χ0n) is 11.6. The van der Waals surface area contributed by atoms with Crippen molar-refractivity contribution in [1.82, 2.24) is 0 Å². The summed E-state index contributed by atoms with van der Waals surface area (Å²) in [4.78, 5) is 11.6. The molecule has 0 aromatic heterocycles. The average Bonchev–Trinajstić information content (AvgIpc) is 2.47. The van der Waals surface area contributed by atoms with Gasteiger partial charge in [-0.3, -0.25) is 0 Å². The fourth-order valence-corrected chi connectivity index (χ4v) is 1.98. The minimum Gasteiger partial charge on any atom is -0.462 e. The fourth-order valence-electron chi connectivity index (χ4n) is 1.98. The number of hydrogen-bond donors (Lipinski definition) is 0. The Labute approximate surface area is 124 Å². The van der Waals surface area contributed by atoms with Crippen molar-refractivity contribution in [1.29, 1.82) is 0 Å². The van der Waals surface area contributed by atoms with E-state index in [4.69, 9.17) is 4.74 Å². The molecule has 0 unspecified atom stereocenters. The van der Waals surface area contributed by atoms with E-state index < -0.39 is 23.5 Å². The summed E-state index contributed by atoms with van der Waals surface area (Å²) in [7, 11) is 0. The third kappa shape index (κ3) is 3.27. The maximum Gasteiger partial charge on any atom is 0.416 e. The van der Waals surface area contributed by atoms with E-state index in [1.54, 1.807) is 6.92 Å². The summed E-state index contributed by atoms with van der Waals surface area (Å²) >= 11 is 0. The van der Waals surface area contributed by atoms with Crippen LogP contribution in [-0.4, -0.2) is 12.6 Å². The Morgan fingerprint density at radius 3 is 2.45 bits per heavy atom. The van der Waals surface area contributed by atoms with E-state index in [9.17, 15) is 22.4 Å². The normalized spacial score (nSPS) is 11.3. The van der Waals surface area contributed by atoms with Crippen LogP contribution < -0.4 is 0 Å². The van der Waals surface area contributed by atoms with E-state index in [1.807, 2.05) is 0 Å². The van der Waals surface area contributed by atoms with Crippen molar-refractivity contribution in [3.63, 3.8) is 0 Å². The van der Waals surface area contributed by atoms with Crippen molar-refractivity contribution >= 4 is 5.97 Å². The van der Waals surface area contributed by atoms with Crippen LogP contribution in [0.2, 0.25) is 0 Å². The number of alkyl halides is 3. The number of carbonyl (C=O) groups excluding carboxylic acids is 1. The molecule has 0 aliphatic rings. The van der Waals surface area contributed by atoms with Gasteiger partial charge in [0.05, 0.1) is 17.7 Å². The minimum atomic E-state index is -4.52. The highest BCUT2D eigenvalue weighted by atomic mass is 19.4. The fraction of sp³-hybridized carbons (Fsp3) is 0.188. The summed E-state index contributed by atoms with van der Waals surface area (Å²) in [5.41, 5.74) is -1.24. The van der Waals surface area contributed by atoms with Crippen LogP contribution in [0.5, 0.6) is 0 Å². The van der Waals surface area contributed by atoms with E-state index in [1.165, 1.54) is 30.3 Å². The smallest absolute Gasteiger partial charge is 0.416 e. The molecule has 2 aromatic rings. The zero-order valence-corrected chi connectivity index (χ0v) is 11.6. The van der Waals surface area contributed by atoms with Crippen molar-refractivity contribution < 1.29 is 27.1 Å². The van der Waals surface area contributed by atoms with Gasteiger partial charge in [0.25, 0.3) is 0 Å².